The van der Waals surface area contributed by atoms with Crippen LogP contribution in [0.4, 0.5) is 0 Å². The summed E-state index contributed by atoms with van der Waals surface area (Å²) in [5.74, 6) is -0.0900. The van der Waals surface area contributed by atoms with Gasteiger partial charge in [-0.05, 0) is 31.4 Å². The van der Waals surface area contributed by atoms with Gasteiger partial charge in [-0.15, -0.1) is 0 Å². The van der Waals surface area contributed by atoms with Gasteiger partial charge in [0.15, 0.2) is 0 Å². The summed E-state index contributed by atoms with van der Waals surface area (Å²) < 4.78 is 0. The molecule has 1 aliphatic heterocycles. The zero-order valence-corrected chi connectivity index (χ0v) is 12.2. The van der Waals surface area contributed by atoms with E-state index in [4.69, 9.17) is 0 Å². The van der Waals surface area contributed by atoms with Gasteiger partial charge in [-0.3, -0.25) is 4.79 Å². The van der Waals surface area contributed by atoms with Crippen LogP contribution in [-0.2, 0) is 0 Å². The Labute approximate surface area is 128 Å². The van der Waals surface area contributed by atoms with Gasteiger partial charge in [-0.2, -0.15) is 0 Å². The summed E-state index contributed by atoms with van der Waals surface area (Å²) in [7, 11) is 0. The number of aliphatic hydroxyl groups excluding tert-OH is 1. The molecular formula is C16H18N4O2. The maximum absolute atomic E-state index is 12.6. The molecule has 22 heavy (non-hydrogen) atoms. The van der Waals surface area contributed by atoms with Crippen LogP contribution < -0.4 is 0 Å². The Morgan fingerprint density at radius 2 is 2.00 bits per heavy atom. The summed E-state index contributed by atoms with van der Waals surface area (Å²) in [6.07, 6.45) is 6.69. The summed E-state index contributed by atoms with van der Waals surface area (Å²) in [4.78, 5) is 26.7. The van der Waals surface area contributed by atoms with Gasteiger partial charge >= 0.3 is 0 Å². The molecule has 3 rings (SSSR count). The summed E-state index contributed by atoms with van der Waals surface area (Å²) in [6, 6.07) is 5.37. The van der Waals surface area contributed by atoms with Gasteiger partial charge < -0.3 is 10.0 Å². The van der Waals surface area contributed by atoms with Crippen molar-refractivity contribution >= 4 is 5.91 Å². The third-order valence-electron chi connectivity index (χ3n) is 3.81. The molecule has 0 saturated carbocycles. The van der Waals surface area contributed by atoms with E-state index in [1.165, 1.54) is 6.33 Å². The van der Waals surface area contributed by atoms with Crippen LogP contribution in [0.3, 0.4) is 0 Å². The van der Waals surface area contributed by atoms with Crippen molar-refractivity contribution in [2.24, 2.45) is 0 Å². The van der Waals surface area contributed by atoms with E-state index < -0.39 is 0 Å². The molecule has 1 amide bonds. The molecule has 6 heteroatoms. The maximum Gasteiger partial charge on any atom is 0.272 e. The third-order valence-corrected chi connectivity index (χ3v) is 3.81. The minimum absolute atomic E-state index is 0.0900. The van der Waals surface area contributed by atoms with Crippen LogP contribution in [-0.4, -0.2) is 50.1 Å². The molecule has 1 atom stereocenters. The van der Waals surface area contributed by atoms with E-state index in [0.29, 0.717) is 30.9 Å². The van der Waals surface area contributed by atoms with Crippen molar-refractivity contribution in [3.8, 4) is 11.3 Å². The maximum atomic E-state index is 12.6. The number of aliphatic hydroxyl groups is 1. The lowest BCUT2D eigenvalue weighted by atomic mass is 10.2. The first kappa shape index (κ1) is 14.6. The van der Waals surface area contributed by atoms with E-state index in [1.54, 1.807) is 23.4 Å². The molecular weight excluding hydrogens is 280 g/mol. The van der Waals surface area contributed by atoms with Crippen molar-refractivity contribution < 1.29 is 9.90 Å². The monoisotopic (exact) mass is 298 g/mol. The summed E-state index contributed by atoms with van der Waals surface area (Å²) >= 11 is 0. The number of pyridine rings is 1. The second-order valence-corrected chi connectivity index (χ2v) is 5.41. The van der Waals surface area contributed by atoms with Gasteiger partial charge in [0, 0.05) is 31.0 Å². The Kier molecular flexibility index (Phi) is 4.39. The molecule has 1 aliphatic rings. The Hall–Kier alpha value is -2.34. The van der Waals surface area contributed by atoms with Crippen LogP contribution in [0.5, 0.6) is 0 Å². The molecule has 0 aliphatic carbocycles. The van der Waals surface area contributed by atoms with E-state index in [-0.39, 0.29) is 12.0 Å². The molecule has 114 valence electrons. The van der Waals surface area contributed by atoms with Crippen LogP contribution in [0.1, 0.15) is 29.8 Å². The number of carbonyl (C=O) groups is 1. The smallest absolute Gasteiger partial charge is 0.272 e. The van der Waals surface area contributed by atoms with E-state index >= 15 is 0 Å². The largest absolute Gasteiger partial charge is 0.393 e. The van der Waals surface area contributed by atoms with Gasteiger partial charge in [0.2, 0.25) is 0 Å². The first-order valence-electron chi connectivity index (χ1n) is 7.44. The van der Waals surface area contributed by atoms with Crippen LogP contribution in [0.25, 0.3) is 11.3 Å². The van der Waals surface area contributed by atoms with Crippen LogP contribution in [0.2, 0.25) is 0 Å². The molecule has 2 aromatic rings. The number of amides is 1. The molecule has 6 nitrogen and oxygen atoms in total. The molecule has 3 heterocycles. The summed E-state index contributed by atoms with van der Waals surface area (Å²) in [5, 5.41) is 9.68. The lowest BCUT2D eigenvalue weighted by Gasteiger charge is -2.20. The fourth-order valence-corrected chi connectivity index (χ4v) is 2.59. The predicted molar refractivity (Wildman–Crippen MR) is 81.0 cm³/mol. The molecule has 1 N–H and O–H groups in total. The molecule has 0 aromatic carbocycles. The Morgan fingerprint density at radius 3 is 2.82 bits per heavy atom. The average molecular weight is 298 g/mol. The quantitative estimate of drug-likeness (QED) is 0.909. The number of nitrogens with zero attached hydrogens (tertiary/aromatic N) is 4. The van der Waals surface area contributed by atoms with Crippen LogP contribution in [0.15, 0.2) is 36.9 Å². The van der Waals surface area contributed by atoms with Gasteiger partial charge in [-0.25, -0.2) is 15.0 Å². The number of hydrogen-bond donors (Lipinski definition) is 1. The number of likely N-dealkylation sites (tertiary alicyclic amines) is 1. The van der Waals surface area contributed by atoms with Crippen molar-refractivity contribution in [2.45, 2.75) is 25.4 Å². The van der Waals surface area contributed by atoms with Gasteiger partial charge in [0.25, 0.3) is 5.91 Å². The minimum Gasteiger partial charge on any atom is -0.393 e. The number of carbonyl (C=O) groups excluding carboxylic acids is 1. The fourth-order valence-electron chi connectivity index (χ4n) is 2.59. The number of hydrogen-bond acceptors (Lipinski definition) is 5. The zero-order chi connectivity index (χ0) is 15.4. The minimum atomic E-state index is -0.307. The van der Waals surface area contributed by atoms with E-state index in [9.17, 15) is 9.90 Å². The second kappa shape index (κ2) is 6.62. The Morgan fingerprint density at radius 1 is 1.18 bits per heavy atom. The van der Waals surface area contributed by atoms with E-state index in [2.05, 4.69) is 15.0 Å². The normalized spacial score (nSPS) is 18.8. The third kappa shape index (κ3) is 3.28. The van der Waals surface area contributed by atoms with Crippen molar-refractivity contribution in [1.82, 2.24) is 19.9 Å². The lowest BCUT2D eigenvalue weighted by molar-refractivity contribution is 0.0747. The summed E-state index contributed by atoms with van der Waals surface area (Å²) in [5.41, 5.74) is 1.88. The second-order valence-electron chi connectivity index (χ2n) is 5.41. The highest BCUT2D eigenvalue weighted by molar-refractivity contribution is 5.92. The lowest BCUT2D eigenvalue weighted by Crippen LogP contribution is -2.32. The predicted octanol–water partition coefficient (Wildman–Crippen LogP) is 1.53. The number of aromatic nitrogens is 3. The van der Waals surface area contributed by atoms with Crippen molar-refractivity contribution in [3.05, 3.63) is 42.6 Å². The molecule has 1 fully saturated rings. The molecule has 1 saturated heterocycles. The zero-order valence-electron chi connectivity index (χ0n) is 12.2. The first-order valence-corrected chi connectivity index (χ1v) is 7.44. The fraction of sp³-hybridized carbons (Fsp3) is 0.375. The standard InChI is InChI=1S/C16H18N4O2/c21-13-3-2-7-20(8-6-13)16(22)15-5-1-4-14(19-15)12-9-17-11-18-10-12/h1,4-5,9-11,13,21H,2-3,6-8H2/t13-/m1/s1. The van der Waals surface area contributed by atoms with Gasteiger partial charge in [0.1, 0.15) is 12.0 Å². The van der Waals surface area contributed by atoms with E-state index in [1.807, 2.05) is 12.1 Å². The Balaban J connectivity index is 1.81. The molecule has 0 radical (unpaired) electrons. The molecule has 0 bridgehead atoms. The highest BCUT2D eigenvalue weighted by Crippen LogP contribution is 2.17. The number of rotatable bonds is 2. The highest BCUT2D eigenvalue weighted by Gasteiger charge is 2.21. The molecule has 0 unspecified atom stereocenters. The highest BCUT2D eigenvalue weighted by atomic mass is 16.3. The average Bonchev–Trinajstić information content (AvgIpc) is 2.80. The first-order chi connectivity index (χ1) is 10.7. The van der Waals surface area contributed by atoms with Crippen molar-refractivity contribution in [3.63, 3.8) is 0 Å². The molecule has 0 spiro atoms. The molecule has 2 aromatic heterocycles. The Bertz CT molecular complexity index is 648. The van der Waals surface area contributed by atoms with Crippen molar-refractivity contribution in [1.29, 1.82) is 0 Å². The van der Waals surface area contributed by atoms with Gasteiger partial charge in [0.05, 0.1) is 11.8 Å². The van der Waals surface area contributed by atoms with Gasteiger partial charge in [-0.1, -0.05) is 6.07 Å². The van der Waals surface area contributed by atoms with Crippen LogP contribution in [0, 0.1) is 0 Å². The SMILES string of the molecule is O=C(c1cccc(-c2cncnc2)n1)N1CCC[C@@H](O)CC1. The van der Waals surface area contributed by atoms with Crippen LogP contribution >= 0.6 is 0 Å². The van der Waals surface area contributed by atoms with E-state index in [0.717, 1.165) is 18.4 Å². The van der Waals surface area contributed by atoms with Crippen molar-refractivity contribution in [2.75, 3.05) is 13.1 Å². The topological polar surface area (TPSA) is 79.2 Å². The summed E-state index contributed by atoms with van der Waals surface area (Å²) in [6.45, 7) is 1.23.